The summed E-state index contributed by atoms with van der Waals surface area (Å²) in [5, 5.41) is 0. The number of hydrogen-bond donors (Lipinski definition) is 1. The fourth-order valence-corrected chi connectivity index (χ4v) is 6.07. The minimum atomic E-state index is -3.70. The summed E-state index contributed by atoms with van der Waals surface area (Å²) in [6.45, 7) is 11.5. The molecule has 8 heteroatoms. The van der Waals surface area contributed by atoms with Crippen LogP contribution in [0, 0.1) is 17.8 Å². The number of carbonyl (C=O) groups is 1. The third-order valence-electron chi connectivity index (χ3n) is 6.67. The molecule has 2 aliphatic heterocycles. The highest BCUT2D eigenvalue weighted by Gasteiger charge is 2.26. The van der Waals surface area contributed by atoms with Gasteiger partial charge in [-0.3, -0.25) is 4.79 Å². The first kappa shape index (κ1) is 25.0. The van der Waals surface area contributed by atoms with Crippen molar-refractivity contribution in [2.75, 3.05) is 46.4 Å². The van der Waals surface area contributed by atoms with Gasteiger partial charge < -0.3 is 14.5 Å². The van der Waals surface area contributed by atoms with Gasteiger partial charge in [0, 0.05) is 32.7 Å². The Morgan fingerprint density at radius 1 is 1.09 bits per heavy atom. The van der Waals surface area contributed by atoms with Crippen molar-refractivity contribution in [3.05, 3.63) is 23.8 Å². The van der Waals surface area contributed by atoms with E-state index < -0.39 is 10.0 Å². The quantitative estimate of drug-likeness (QED) is 0.597. The molecule has 1 aromatic carbocycles. The number of ether oxygens (including phenoxy) is 1. The molecular weight excluding hydrogens is 426 g/mol. The number of hydrogen-bond acceptors (Lipinski definition) is 5. The van der Waals surface area contributed by atoms with Gasteiger partial charge in [0.25, 0.3) is 5.91 Å². The average Bonchev–Trinajstić information content (AvgIpc) is 2.75. The Morgan fingerprint density at radius 2 is 1.75 bits per heavy atom. The van der Waals surface area contributed by atoms with Crippen LogP contribution in [0.15, 0.2) is 23.1 Å². The molecular formula is C24H39N3O4S. The molecule has 0 bridgehead atoms. The van der Waals surface area contributed by atoms with Gasteiger partial charge in [0.1, 0.15) is 5.75 Å². The van der Waals surface area contributed by atoms with E-state index in [2.05, 4.69) is 30.4 Å². The minimum absolute atomic E-state index is 0.104. The molecule has 2 atom stereocenters. The van der Waals surface area contributed by atoms with Crippen LogP contribution in [0.25, 0.3) is 0 Å². The molecule has 2 heterocycles. The summed E-state index contributed by atoms with van der Waals surface area (Å²) in [7, 11) is -2.20. The van der Waals surface area contributed by atoms with Crippen molar-refractivity contribution < 1.29 is 17.9 Å². The second-order valence-electron chi connectivity index (χ2n) is 9.79. The van der Waals surface area contributed by atoms with Gasteiger partial charge >= 0.3 is 0 Å². The highest BCUT2D eigenvalue weighted by molar-refractivity contribution is 7.89. The maximum absolute atomic E-state index is 13.1. The van der Waals surface area contributed by atoms with Gasteiger partial charge in [0.2, 0.25) is 10.0 Å². The molecule has 1 aromatic rings. The normalized spacial score (nSPS) is 23.3. The molecule has 0 spiro atoms. The molecule has 2 aliphatic rings. The molecule has 1 N–H and O–H groups in total. The lowest BCUT2D eigenvalue weighted by Gasteiger charge is -2.34. The minimum Gasteiger partial charge on any atom is -0.496 e. The lowest BCUT2D eigenvalue weighted by atomic mass is 9.92. The van der Waals surface area contributed by atoms with E-state index in [9.17, 15) is 13.2 Å². The molecule has 0 saturated carbocycles. The summed E-state index contributed by atoms with van der Waals surface area (Å²) in [5.74, 6) is 2.22. The average molecular weight is 466 g/mol. The lowest BCUT2D eigenvalue weighted by Crippen LogP contribution is -2.40. The number of likely N-dealkylation sites (tertiary alicyclic amines) is 2. The van der Waals surface area contributed by atoms with Crippen LogP contribution in [0.1, 0.15) is 56.8 Å². The standard InChI is InChI=1S/C24H39N3O4S/c1-18-8-12-27(13-9-18)24(28)22-15-21(6-7-23(22)31-4)32(29,30)25-10-5-11-26-16-19(2)14-20(3)17-26/h6-7,15,18-20,25H,5,8-14,16-17H2,1-4H3. The fraction of sp³-hybridized carbons (Fsp3) is 0.708. The van der Waals surface area contributed by atoms with E-state index in [1.54, 1.807) is 11.0 Å². The predicted octanol–water partition coefficient (Wildman–Crippen LogP) is 3.21. The summed E-state index contributed by atoms with van der Waals surface area (Å²) in [4.78, 5) is 17.4. The lowest BCUT2D eigenvalue weighted by molar-refractivity contribution is 0.0693. The number of piperidine rings is 2. The van der Waals surface area contributed by atoms with Gasteiger partial charge in [-0.2, -0.15) is 0 Å². The Bertz CT molecular complexity index is 871. The van der Waals surface area contributed by atoms with E-state index in [-0.39, 0.29) is 10.8 Å². The first-order chi connectivity index (χ1) is 15.2. The Balaban J connectivity index is 1.62. The Labute approximate surface area is 193 Å². The zero-order valence-corrected chi connectivity index (χ0v) is 20.8. The first-order valence-corrected chi connectivity index (χ1v) is 13.4. The number of rotatable bonds is 8. The highest BCUT2D eigenvalue weighted by Crippen LogP contribution is 2.26. The number of amides is 1. The van der Waals surface area contributed by atoms with E-state index >= 15 is 0 Å². The van der Waals surface area contributed by atoms with E-state index in [0.717, 1.165) is 38.9 Å². The molecule has 2 saturated heterocycles. The second kappa shape index (κ2) is 11.0. The number of sulfonamides is 1. The van der Waals surface area contributed by atoms with E-state index in [4.69, 9.17) is 4.74 Å². The van der Waals surface area contributed by atoms with Crippen LogP contribution in [0.3, 0.4) is 0 Å². The van der Waals surface area contributed by atoms with Gasteiger partial charge in [0.15, 0.2) is 0 Å². The summed E-state index contributed by atoms with van der Waals surface area (Å²) >= 11 is 0. The summed E-state index contributed by atoms with van der Waals surface area (Å²) in [5.41, 5.74) is 0.307. The number of benzene rings is 1. The van der Waals surface area contributed by atoms with Crippen molar-refractivity contribution >= 4 is 15.9 Å². The van der Waals surface area contributed by atoms with E-state index in [1.807, 2.05) is 0 Å². The second-order valence-corrected chi connectivity index (χ2v) is 11.6. The molecule has 2 fully saturated rings. The van der Waals surface area contributed by atoms with Crippen LogP contribution in [-0.4, -0.2) is 70.5 Å². The number of nitrogens with zero attached hydrogens (tertiary/aromatic N) is 2. The smallest absolute Gasteiger partial charge is 0.257 e. The van der Waals surface area contributed by atoms with Gasteiger partial charge in [0.05, 0.1) is 17.6 Å². The zero-order chi connectivity index (χ0) is 23.3. The maximum Gasteiger partial charge on any atom is 0.257 e. The number of methoxy groups -OCH3 is 1. The topological polar surface area (TPSA) is 79.0 Å². The van der Waals surface area contributed by atoms with Crippen molar-refractivity contribution in [1.82, 2.24) is 14.5 Å². The molecule has 0 aliphatic carbocycles. The first-order valence-electron chi connectivity index (χ1n) is 11.9. The van der Waals surface area contributed by atoms with Crippen molar-refractivity contribution in [3.8, 4) is 5.75 Å². The molecule has 0 aromatic heterocycles. The monoisotopic (exact) mass is 465 g/mol. The third-order valence-corrected chi connectivity index (χ3v) is 8.13. The van der Waals surface area contributed by atoms with Crippen LogP contribution in [0.5, 0.6) is 5.75 Å². The maximum atomic E-state index is 13.1. The fourth-order valence-electron chi connectivity index (χ4n) is 4.97. The van der Waals surface area contributed by atoms with Gasteiger partial charge in [-0.05, 0) is 68.2 Å². The van der Waals surface area contributed by atoms with E-state index in [0.29, 0.717) is 48.7 Å². The SMILES string of the molecule is COc1ccc(S(=O)(=O)NCCCN2CC(C)CC(C)C2)cc1C(=O)N1CCC(C)CC1. The molecule has 1 amide bonds. The summed E-state index contributed by atoms with van der Waals surface area (Å²) in [6.07, 6.45) is 3.94. The highest BCUT2D eigenvalue weighted by atomic mass is 32.2. The molecule has 0 radical (unpaired) electrons. The van der Waals surface area contributed by atoms with Gasteiger partial charge in [-0.15, -0.1) is 0 Å². The predicted molar refractivity (Wildman–Crippen MR) is 126 cm³/mol. The van der Waals surface area contributed by atoms with Crippen LogP contribution < -0.4 is 9.46 Å². The largest absolute Gasteiger partial charge is 0.496 e. The molecule has 3 rings (SSSR count). The Morgan fingerprint density at radius 3 is 2.38 bits per heavy atom. The summed E-state index contributed by atoms with van der Waals surface area (Å²) in [6, 6.07) is 4.53. The molecule has 7 nitrogen and oxygen atoms in total. The Kier molecular flexibility index (Phi) is 8.58. The molecule has 2 unspecified atom stereocenters. The van der Waals surface area contributed by atoms with Crippen LogP contribution in [0.2, 0.25) is 0 Å². The van der Waals surface area contributed by atoms with E-state index in [1.165, 1.54) is 25.7 Å². The number of nitrogens with one attached hydrogen (secondary N) is 1. The van der Waals surface area contributed by atoms with Crippen LogP contribution >= 0.6 is 0 Å². The van der Waals surface area contributed by atoms with Crippen LogP contribution in [-0.2, 0) is 10.0 Å². The molecule has 32 heavy (non-hydrogen) atoms. The molecule has 180 valence electrons. The zero-order valence-electron chi connectivity index (χ0n) is 20.0. The number of carbonyl (C=O) groups excluding carboxylic acids is 1. The van der Waals surface area contributed by atoms with Gasteiger partial charge in [-0.25, -0.2) is 13.1 Å². The third kappa shape index (κ3) is 6.45. The Hall–Kier alpha value is -1.64. The van der Waals surface area contributed by atoms with Crippen molar-refractivity contribution in [2.45, 2.75) is 51.3 Å². The van der Waals surface area contributed by atoms with Gasteiger partial charge in [-0.1, -0.05) is 20.8 Å². The van der Waals surface area contributed by atoms with Crippen LogP contribution in [0.4, 0.5) is 0 Å². The van der Waals surface area contributed by atoms with Crippen molar-refractivity contribution in [2.24, 2.45) is 17.8 Å². The summed E-state index contributed by atoms with van der Waals surface area (Å²) < 4.78 is 33.8. The van der Waals surface area contributed by atoms with Crippen molar-refractivity contribution in [1.29, 1.82) is 0 Å². The van der Waals surface area contributed by atoms with Crippen molar-refractivity contribution in [3.63, 3.8) is 0 Å².